The number of morpholine rings is 1. The van der Waals surface area contributed by atoms with E-state index in [9.17, 15) is 19.5 Å². The molecule has 4 heterocycles. The summed E-state index contributed by atoms with van der Waals surface area (Å²) < 4.78 is 11.2. The lowest BCUT2D eigenvalue weighted by atomic mass is 9.81. The lowest BCUT2D eigenvalue weighted by molar-refractivity contribution is -0.139. The monoisotopic (exact) mass is 501 g/mol. The van der Waals surface area contributed by atoms with Crippen LogP contribution in [0.3, 0.4) is 0 Å². The predicted octanol–water partition coefficient (Wildman–Crippen LogP) is 2.86. The molecule has 190 valence electrons. The largest absolute Gasteiger partial charge is 0.503 e. The van der Waals surface area contributed by atoms with Gasteiger partial charge in [-0.2, -0.15) is 0 Å². The molecule has 1 atom stereocenters. The van der Waals surface area contributed by atoms with Crippen molar-refractivity contribution in [3.63, 3.8) is 0 Å². The number of amides is 2. The number of ether oxygens (including phenoxy) is 1. The van der Waals surface area contributed by atoms with Crippen molar-refractivity contribution in [2.45, 2.75) is 12.0 Å². The molecule has 1 fully saturated rings. The number of anilines is 1. The number of fused-ring (bicyclic) bond motifs is 3. The molecule has 2 aromatic carbocycles. The Morgan fingerprint density at radius 1 is 1.03 bits per heavy atom. The highest BCUT2D eigenvalue weighted by Gasteiger charge is 2.65. The first-order chi connectivity index (χ1) is 17.9. The van der Waals surface area contributed by atoms with Crippen molar-refractivity contribution in [3.8, 4) is 0 Å². The van der Waals surface area contributed by atoms with E-state index in [1.165, 1.54) is 9.80 Å². The maximum Gasteiger partial charge on any atom is 0.290 e. The molecule has 37 heavy (non-hydrogen) atoms. The van der Waals surface area contributed by atoms with Gasteiger partial charge in [0.15, 0.2) is 17.1 Å². The lowest BCUT2D eigenvalue weighted by Gasteiger charge is -2.36. The van der Waals surface area contributed by atoms with Gasteiger partial charge in [-0.05, 0) is 24.6 Å². The van der Waals surface area contributed by atoms with E-state index in [4.69, 9.17) is 9.15 Å². The van der Waals surface area contributed by atoms with Crippen LogP contribution in [-0.2, 0) is 19.9 Å². The molecular formula is C28H27N3O6. The lowest BCUT2D eigenvalue weighted by Crippen LogP contribution is -2.54. The van der Waals surface area contributed by atoms with Gasteiger partial charge in [0.25, 0.3) is 11.8 Å². The molecule has 3 aliphatic heterocycles. The van der Waals surface area contributed by atoms with Crippen LogP contribution in [0.2, 0.25) is 0 Å². The van der Waals surface area contributed by atoms with Gasteiger partial charge in [-0.1, -0.05) is 36.4 Å². The van der Waals surface area contributed by atoms with Crippen LogP contribution >= 0.6 is 0 Å². The van der Waals surface area contributed by atoms with Gasteiger partial charge in [0.1, 0.15) is 5.58 Å². The van der Waals surface area contributed by atoms with Gasteiger partial charge in [-0.25, -0.2) is 0 Å². The third-order valence-corrected chi connectivity index (χ3v) is 7.56. The number of carbonyl (C=O) groups excluding carboxylic acids is 3. The number of hydrogen-bond acceptors (Lipinski definition) is 7. The molecule has 0 radical (unpaired) electrons. The van der Waals surface area contributed by atoms with Crippen molar-refractivity contribution in [3.05, 3.63) is 77.3 Å². The van der Waals surface area contributed by atoms with E-state index in [1.54, 1.807) is 55.6 Å². The number of ketones is 1. The average molecular weight is 502 g/mol. The Balaban J connectivity index is 1.44. The zero-order chi connectivity index (χ0) is 25.7. The Labute approximate surface area is 213 Å². The van der Waals surface area contributed by atoms with Crippen molar-refractivity contribution in [2.75, 3.05) is 51.3 Å². The Morgan fingerprint density at radius 2 is 1.76 bits per heavy atom. The molecule has 1 N–H and O–H groups in total. The molecule has 0 unspecified atom stereocenters. The molecule has 1 aromatic heterocycles. The van der Waals surface area contributed by atoms with Crippen molar-refractivity contribution < 1.29 is 28.6 Å². The van der Waals surface area contributed by atoms with Crippen LogP contribution in [0.1, 0.15) is 22.5 Å². The number of aliphatic hydroxyl groups is 1. The Kier molecular flexibility index (Phi) is 5.62. The van der Waals surface area contributed by atoms with E-state index in [0.29, 0.717) is 48.4 Å². The summed E-state index contributed by atoms with van der Waals surface area (Å²) in [7, 11) is 1.62. The minimum Gasteiger partial charge on any atom is -0.503 e. The van der Waals surface area contributed by atoms with Gasteiger partial charge in [-0.3, -0.25) is 19.3 Å². The van der Waals surface area contributed by atoms with Crippen LogP contribution in [0, 0.1) is 0 Å². The summed E-state index contributed by atoms with van der Waals surface area (Å²) in [4.78, 5) is 46.6. The summed E-state index contributed by atoms with van der Waals surface area (Å²) in [6, 6.07) is 15.8. The molecule has 1 saturated heterocycles. The molecule has 0 bridgehead atoms. The van der Waals surface area contributed by atoms with E-state index >= 15 is 0 Å². The third kappa shape index (κ3) is 3.42. The van der Waals surface area contributed by atoms with E-state index in [0.717, 1.165) is 13.1 Å². The van der Waals surface area contributed by atoms with Crippen molar-refractivity contribution in [1.29, 1.82) is 0 Å². The fourth-order valence-corrected chi connectivity index (χ4v) is 5.77. The molecule has 0 aliphatic carbocycles. The maximum atomic E-state index is 14.0. The Hall–Kier alpha value is -3.95. The Morgan fingerprint density at radius 3 is 2.54 bits per heavy atom. The number of Topliss-reactive ketones (excluding diaryl/α,β-unsaturated/α-hetero) is 1. The number of nitrogens with zero attached hydrogens (tertiary/aromatic N) is 3. The SMILES string of the molecule is CN1C(=O)[C@]2(C(C(=O)c3cc4ccccc4o3)=C(O)C(=O)N2CCCN2CCOCC2)c2ccccc21. The van der Waals surface area contributed by atoms with Gasteiger partial charge >= 0.3 is 0 Å². The van der Waals surface area contributed by atoms with Crippen LogP contribution in [-0.4, -0.2) is 78.9 Å². The molecule has 6 rings (SSSR count). The quantitative estimate of drug-likeness (QED) is 0.518. The van der Waals surface area contributed by atoms with Gasteiger partial charge in [-0.15, -0.1) is 0 Å². The van der Waals surface area contributed by atoms with E-state index in [-0.39, 0.29) is 17.9 Å². The minimum atomic E-state index is -1.77. The number of furan rings is 1. The van der Waals surface area contributed by atoms with Crippen LogP contribution < -0.4 is 4.90 Å². The van der Waals surface area contributed by atoms with Gasteiger partial charge < -0.3 is 24.1 Å². The predicted molar refractivity (Wildman–Crippen MR) is 135 cm³/mol. The first-order valence-electron chi connectivity index (χ1n) is 12.4. The topological polar surface area (TPSA) is 104 Å². The maximum absolute atomic E-state index is 14.0. The Bertz CT molecular complexity index is 1420. The van der Waals surface area contributed by atoms with Crippen LogP contribution in [0.5, 0.6) is 0 Å². The molecule has 9 heteroatoms. The van der Waals surface area contributed by atoms with Crippen molar-refractivity contribution >= 4 is 34.3 Å². The highest BCUT2D eigenvalue weighted by molar-refractivity contribution is 6.26. The second-order valence-electron chi connectivity index (χ2n) is 9.56. The summed E-state index contributed by atoms with van der Waals surface area (Å²) in [6.07, 6.45) is 0.562. The fraction of sp³-hybridized carbons (Fsp3) is 0.321. The number of para-hydroxylation sites is 2. The summed E-state index contributed by atoms with van der Waals surface area (Å²) >= 11 is 0. The molecule has 1 spiro atoms. The number of aliphatic hydroxyl groups excluding tert-OH is 1. The summed E-state index contributed by atoms with van der Waals surface area (Å²) in [5, 5.41) is 11.9. The zero-order valence-corrected chi connectivity index (χ0v) is 20.5. The highest BCUT2D eigenvalue weighted by atomic mass is 16.5. The second-order valence-corrected chi connectivity index (χ2v) is 9.56. The van der Waals surface area contributed by atoms with Gasteiger partial charge in [0.2, 0.25) is 5.78 Å². The highest BCUT2D eigenvalue weighted by Crippen LogP contribution is 2.53. The molecule has 9 nitrogen and oxygen atoms in total. The van der Waals surface area contributed by atoms with E-state index in [1.807, 2.05) is 6.07 Å². The number of hydrogen-bond donors (Lipinski definition) is 1. The molecular weight excluding hydrogens is 474 g/mol. The van der Waals surface area contributed by atoms with Crippen molar-refractivity contribution in [1.82, 2.24) is 9.80 Å². The normalized spacial score (nSPS) is 22.1. The van der Waals surface area contributed by atoms with E-state index < -0.39 is 28.9 Å². The number of benzene rings is 2. The van der Waals surface area contributed by atoms with Gasteiger partial charge in [0.05, 0.1) is 18.8 Å². The molecule has 3 aromatic rings. The van der Waals surface area contributed by atoms with E-state index in [2.05, 4.69) is 4.90 Å². The number of likely N-dealkylation sites (N-methyl/N-ethyl adjacent to an activating group) is 1. The smallest absolute Gasteiger partial charge is 0.290 e. The first-order valence-corrected chi connectivity index (χ1v) is 12.4. The second kappa shape index (κ2) is 8.86. The van der Waals surface area contributed by atoms with Crippen LogP contribution in [0.4, 0.5) is 5.69 Å². The van der Waals surface area contributed by atoms with Crippen molar-refractivity contribution in [2.24, 2.45) is 0 Å². The molecule has 3 aliphatic rings. The zero-order valence-electron chi connectivity index (χ0n) is 20.5. The van der Waals surface area contributed by atoms with Crippen LogP contribution in [0.15, 0.2) is 70.3 Å². The first kappa shape index (κ1) is 23.4. The summed E-state index contributed by atoms with van der Waals surface area (Å²) in [6.45, 7) is 3.78. The van der Waals surface area contributed by atoms with Crippen LogP contribution in [0.25, 0.3) is 11.0 Å². The standard InChI is InChI=1S/C28H27N3O6/c1-29-20-9-4-3-8-19(20)28(27(29)35)23(24(32)22-17-18-7-2-5-10-21(18)37-22)25(33)26(34)31(28)12-6-11-30-13-15-36-16-14-30/h2-5,7-10,17,33H,6,11-16H2,1H3/t28-/m1/s1. The summed E-state index contributed by atoms with van der Waals surface area (Å²) in [5.41, 5.74) is -0.450. The molecule has 0 saturated carbocycles. The molecule has 2 amide bonds. The third-order valence-electron chi connectivity index (χ3n) is 7.56. The summed E-state index contributed by atoms with van der Waals surface area (Å²) in [5.74, 6) is -2.63. The van der Waals surface area contributed by atoms with Gasteiger partial charge in [0, 0.05) is 49.9 Å². The average Bonchev–Trinajstić information content (AvgIpc) is 3.52. The minimum absolute atomic E-state index is 0.0371. The number of carbonyl (C=O) groups is 3. The fourth-order valence-electron chi connectivity index (χ4n) is 5.77. The number of rotatable bonds is 6.